The fourth-order valence-electron chi connectivity index (χ4n) is 2.98. The van der Waals surface area contributed by atoms with Crippen molar-refractivity contribution in [2.24, 2.45) is 0 Å². The highest BCUT2D eigenvalue weighted by atomic mass is 16.5. The van der Waals surface area contributed by atoms with E-state index >= 15 is 0 Å². The van der Waals surface area contributed by atoms with Gasteiger partial charge in [0.05, 0.1) is 26.4 Å². The number of nitrogens with one attached hydrogen (secondary N) is 1. The van der Waals surface area contributed by atoms with Crippen LogP contribution < -0.4 is 10.2 Å². The fourth-order valence-corrected chi connectivity index (χ4v) is 2.98. The Bertz CT molecular complexity index is 980. The number of esters is 2. The molecule has 0 aliphatic carbocycles. The summed E-state index contributed by atoms with van der Waals surface area (Å²) in [5, 5.41) is 2.82. The van der Waals surface area contributed by atoms with Gasteiger partial charge in [-0.05, 0) is 43.3 Å². The molecule has 0 bridgehead atoms. The van der Waals surface area contributed by atoms with Gasteiger partial charge in [0.2, 0.25) is 0 Å². The number of ether oxygens (including phenoxy) is 3. The van der Waals surface area contributed by atoms with Crippen LogP contribution in [0.1, 0.15) is 15.9 Å². The van der Waals surface area contributed by atoms with Crippen LogP contribution in [0.4, 0.5) is 11.4 Å². The molecule has 156 valence electrons. The maximum Gasteiger partial charge on any atom is 0.355 e. The SMILES string of the molecule is COC(=O)C1=C(C(=O)OC)N(c2ccc(NC(=O)c3ccc(C)cc3)cc2)COC1. The minimum Gasteiger partial charge on any atom is -0.466 e. The van der Waals surface area contributed by atoms with Crippen LogP contribution in [0.25, 0.3) is 0 Å². The van der Waals surface area contributed by atoms with Crippen molar-refractivity contribution in [2.75, 3.05) is 37.8 Å². The molecule has 0 unspecified atom stereocenters. The van der Waals surface area contributed by atoms with Crippen molar-refractivity contribution >= 4 is 29.2 Å². The van der Waals surface area contributed by atoms with Crippen molar-refractivity contribution in [3.8, 4) is 0 Å². The molecule has 1 aliphatic heterocycles. The molecule has 30 heavy (non-hydrogen) atoms. The number of benzene rings is 2. The van der Waals surface area contributed by atoms with Gasteiger partial charge in [-0.3, -0.25) is 4.79 Å². The first-order chi connectivity index (χ1) is 14.4. The Morgan fingerprint density at radius 1 is 0.933 bits per heavy atom. The summed E-state index contributed by atoms with van der Waals surface area (Å²) >= 11 is 0. The molecule has 2 aromatic rings. The predicted octanol–water partition coefficient (Wildman–Crippen LogP) is 2.64. The number of aryl methyl sites for hydroxylation is 1. The van der Waals surface area contributed by atoms with Gasteiger partial charge in [0, 0.05) is 16.9 Å². The Balaban J connectivity index is 1.83. The van der Waals surface area contributed by atoms with E-state index in [2.05, 4.69) is 5.32 Å². The third-order valence-electron chi connectivity index (χ3n) is 4.58. The van der Waals surface area contributed by atoms with E-state index in [1.807, 2.05) is 19.1 Å². The van der Waals surface area contributed by atoms with Crippen LogP contribution >= 0.6 is 0 Å². The number of rotatable bonds is 5. The largest absolute Gasteiger partial charge is 0.466 e. The summed E-state index contributed by atoms with van der Waals surface area (Å²) in [6.07, 6.45) is 0. The molecule has 0 spiro atoms. The van der Waals surface area contributed by atoms with Crippen molar-refractivity contribution in [3.05, 3.63) is 70.9 Å². The lowest BCUT2D eigenvalue weighted by atomic mass is 10.1. The van der Waals surface area contributed by atoms with E-state index in [0.29, 0.717) is 16.9 Å². The molecule has 8 nitrogen and oxygen atoms in total. The molecule has 0 atom stereocenters. The minimum absolute atomic E-state index is 0.0556. The van der Waals surface area contributed by atoms with Crippen molar-refractivity contribution in [3.63, 3.8) is 0 Å². The van der Waals surface area contributed by atoms with Gasteiger partial charge in [-0.1, -0.05) is 17.7 Å². The van der Waals surface area contributed by atoms with Gasteiger partial charge in [-0.15, -0.1) is 0 Å². The van der Waals surface area contributed by atoms with E-state index in [9.17, 15) is 14.4 Å². The van der Waals surface area contributed by atoms with E-state index in [4.69, 9.17) is 14.2 Å². The summed E-state index contributed by atoms with van der Waals surface area (Å²) in [6.45, 7) is 1.95. The molecule has 2 aromatic carbocycles. The first kappa shape index (κ1) is 21.1. The standard InChI is InChI=1S/C22H22N2O6/c1-14-4-6-15(7-5-14)20(25)23-16-8-10-17(11-9-16)24-13-30-12-18(21(26)28-2)19(24)22(27)29-3/h4-11H,12-13H2,1-3H3,(H,23,25). The van der Waals surface area contributed by atoms with E-state index in [1.165, 1.54) is 19.1 Å². The molecule has 0 fully saturated rings. The minimum atomic E-state index is -0.671. The van der Waals surface area contributed by atoms with Gasteiger partial charge < -0.3 is 24.4 Å². The Kier molecular flexibility index (Phi) is 6.48. The van der Waals surface area contributed by atoms with E-state index in [-0.39, 0.29) is 30.5 Å². The lowest BCUT2D eigenvalue weighted by Crippen LogP contribution is -2.38. The number of hydrogen-bond donors (Lipinski definition) is 1. The summed E-state index contributed by atoms with van der Waals surface area (Å²) < 4.78 is 15.0. The van der Waals surface area contributed by atoms with Crippen molar-refractivity contribution in [1.29, 1.82) is 0 Å². The summed E-state index contributed by atoms with van der Waals surface area (Å²) in [7, 11) is 2.47. The summed E-state index contributed by atoms with van der Waals surface area (Å²) in [6, 6.07) is 14.1. The molecule has 1 amide bonds. The average Bonchev–Trinajstić information content (AvgIpc) is 2.78. The van der Waals surface area contributed by atoms with Gasteiger partial charge in [0.25, 0.3) is 5.91 Å². The first-order valence-electron chi connectivity index (χ1n) is 9.17. The number of nitrogens with zero attached hydrogens (tertiary/aromatic N) is 1. The quantitative estimate of drug-likeness (QED) is 0.758. The Morgan fingerprint density at radius 3 is 2.17 bits per heavy atom. The highest BCUT2D eigenvalue weighted by Crippen LogP contribution is 2.27. The number of carbonyl (C=O) groups excluding carboxylic acids is 3. The number of amides is 1. The third-order valence-corrected chi connectivity index (χ3v) is 4.58. The molecular formula is C22H22N2O6. The molecule has 0 radical (unpaired) electrons. The number of carbonyl (C=O) groups is 3. The van der Waals surface area contributed by atoms with Gasteiger partial charge in [-0.2, -0.15) is 0 Å². The number of anilines is 2. The normalized spacial score (nSPS) is 13.6. The van der Waals surface area contributed by atoms with Crippen LogP contribution in [0, 0.1) is 6.92 Å². The summed E-state index contributed by atoms with van der Waals surface area (Å²) in [4.78, 5) is 38.3. The Hall–Kier alpha value is -3.65. The fraction of sp³-hybridized carbons (Fsp3) is 0.227. The van der Waals surface area contributed by atoms with E-state index in [1.54, 1.807) is 36.4 Å². The Morgan fingerprint density at radius 2 is 1.57 bits per heavy atom. The molecule has 1 heterocycles. The van der Waals surface area contributed by atoms with Gasteiger partial charge in [-0.25, -0.2) is 9.59 Å². The maximum atomic E-state index is 12.4. The van der Waals surface area contributed by atoms with Crippen molar-refractivity contribution < 1.29 is 28.6 Å². The molecule has 8 heteroatoms. The summed E-state index contributed by atoms with van der Waals surface area (Å²) in [5.74, 6) is -1.57. The molecule has 1 N–H and O–H groups in total. The monoisotopic (exact) mass is 410 g/mol. The van der Waals surface area contributed by atoms with Crippen LogP contribution in [0.5, 0.6) is 0 Å². The first-order valence-corrected chi connectivity index (χ1v) is 9.17. The second-order valence-electron chi connectivity index (χ2n) is 6.58. The Labute approximate surface area is 174 Å². The van der Waals surface area contributed by atoms with Crippen LogP contribution in [-0.4, -0.2) is 45.4 Å². The molecule has 0 saturated carbocycles. The third kappa shape index (κ3) is 4.49. The molecule has 1 aliphatic rings. The second kappa shape index (κ2) is 9.23. The number of methoxy groups -OCH3 is 2. The van der Waals surface area contributed by atoms with Crippen molar-refractivity contribution in [2.45, 2.75) is 6.92 Å². The van der Waals surface area contributed by atoms with Crippen LogP contribution in [-0.2, 0) is 23.8 Å². The molecule has 0 saturated heterocycles. The zero-order valence-electron chi connectivity index (χ0n) is 16.9. The zero-order valence-corrected chi connectivity index (χ0v) is 16.9. The van der Waals surface area contributed by atoms with Gasteiger partial charge >= 0.3 is 11.9 Å². The van der Waals surface area contributed by atoms with E-state index < -0.39 is 11.9 Å². The summed E-state index contributed by atoms with van der Waals surface area (Å²) in [5.41, 5.74) is 2.93. The topological polar surface area (TPSA) is 94.2 Å². The smallest absolute Gasteiger partial charge is 0.355 e. The molecular weight excluding hydrogens is 388 g/mol. The highest BCUT2D eigenvalue weighted by Gasteiger charge is 2.32. The van der Waals surface area contributed by atoms with Crippen LogP contribution in [0.3, 0.4) is 0 Å². The van der Waals surface area contributed by atoms with Crippen LogP contribution in [0.15, 0.2) is 59.8 Å². The van der Waals surface area contributed by atoms with Gasteiger partial charge in [0.15, 0.2) is 0 Å². The second-order valence-corrected chi connectivity index (χ2v) is 6.58. The highest BCUT2D eigenvalue weighted by molar-refractivity contribution is 6.05. The number of hydrogen-bond acceptors (Lipinski definition) is 7. The van der Waals surface area contributed by atoms with Crippen molar-refractivity contribution in [1.82, 2.24) is 0 Å². The molecule has 0 aromatic heterocycles. The maximum absolute atomic E-state index is 12.4. The van der Waals surface area contributed by atoms with Gasteiger partial charge in [0.1, 0.15) is 12.4 Å². The van der Waals surface area contributed by atoms with E-state index in [0.717, 1.165) is 5.56 Å². The predicted molar refractivity (Wildman–Crippen MR) is 110 cm³/mol. The average molecular weight is 410 g/mol. The molecule has 3 rings (SSSR count). The zero-order chi connectivity index (χ0) is 21.7. The lowest BCUT2D eigenvalue weighted by molar-refractivity contribution is -0.140. The van der Waals surface area contributed by atoms with Crippen LogP contribution in [0.2, 0.25) is 0 Å². The lowest BCUT2D eigenvalue weighted by Gasteiger charge is -2.31.